The van der Waals surface area contributed by atoms with Gasteiger partial charge in [-0.1, -0.05) is 24.6 Å². The molecule has 7 nitrogen and oxygen atoms in total. The fourth-order valence-corrected chi connectivity index (χ4v) is 4.03. The molecular formula is C17H18N4O3. The van der Waals surface area contributed by atoms with Gasteiger partial charge in [0.05, 0.1) is 5.69 Å². The maximum Gasteiger partial charge on any atom is 0.326 e. The Balaban J connectivity index is 1.60. The SMILES string of the molecule is O=C(O)[C@@H]1[C@@H]2CCC[C@@H]2CN1C(=O)c1ncn(-c2ccccc2)n1. The van der Waals surface area contributed by atoms with Gasteiger partial charge in [0.2, 0.25) is 5.82 Å². The van der Waals surface area contributed by atoms with Gasteiger partial charge in [-0.05, 0) is 36.8 Å². The molecule has 1 N–H and O–H groups in total. The Morgan fingerprint density at radius 2 is 1.96 bits per heavy atom. The van der Waals surface area contributed by atoms with Crippen molar-refractivity contribution >= 4 is 11.9 Å². The predicted molar refractivity (Wildman–Crippen MR) is 84.7 cm³/mol. The number of para-hydroxylation sites is 1. The monoisotopic (exact) mass is 326 g/mol. The molecule has 124 valence electrons. The van der Waals surface area contributed by atoms with E-state index in [4.69, 9.17) is 0 Å². The number of hydrogen-bond acceptors (Lipinski definition) is 4. The summed E-state index contributed by atoms with van der Waals surface area (Å²) in [5.74, 6) is -0.939. The minimum Gasteiger partial charge on any atom is -0.480 e. The van der Waals surface area contributed by atoms with Gasteiger partial charge in [-0.2, -0.15) is 0 Å². The lowest BCUT2D eigenvalue weighted by Gasteiger charge is -2.23. The number of carbonyl (C=O) groups excluding carboxylic acids is 1. The van der Waals surface area contributed by atoms with E-state index in [1.54, 1.807) is 0 Å². The van der Waals surface area contributed by atoms with Crippen LogP contribution in [0.3, 0.4) is 0 Å². The average molecular weight is 326 g/mol. The highest BCUT2D eigenvalue weighted by molar-refractivity contribution is 5.94. The third-order valence-electron chi connectivity index (χ3n) is 5.11. The van der Waals surface area contributed by atoms with Crippen molar-refractivity contribution < 1.29 is 14.7 Å². The van der Waals surface area contributed by atoms with Gasteiger partial charge in [0.15, 0.2) is 0 Å². The van der Waals surface area contributed by atoms with Gasteiger partial charge in [-0.3, -0.25) is 4.79 Å². The first-order valence-electron chi connectivity index (χ1n) is 8.16. The van der Waals surface area contributed by atoms with E-state index in [1.165, 1.54) is 15.9 Å². The first-order chi connectivity index (χ1) is 11.6. The van der Waals surface area contributed by atoms with Gasteiger partial charge in [-0.15, -0.1) is 5.10 Å². The second kappa shape index (κ2) is 5.74. The Morgan fingerprint density at radius 3 is 2.71 bits per heavy atom. The van der Waals surface area contributed by atoms with Crippen molar-refractivity contribution in [3.05, 3.63) is 42.5 Å². The lowest BCUT2D eigenvalue weighted by molar-refractivity contribution is -0.142. The Morgan fingerprint density at radius 1 is 1.17 bits per heavy atom. The van der Waals surface area contributed by atoms with Crippen LogP contribution < -0.4 is 0 Å². The van der Waals surface area contributed by atoms with Crippen molar-refractivity contribution in [1.29, 1.82) is 0 Å². The standard InChI is InChI=1S/C17H18N4O3/c22-16(15-18-10-21(19-15)12-6-2-1-3-7-12)20-9-11-5-4-8-13(11)14(20)17(23)24/h1-3,6-7,10-11,13-14H,4-5,8-9H2,(H,23,24)/t11-,13-,14+/m1/s1. The largest absolute Gasteiger partial charge is 0.480 e. The number of carboxylic acid groups (broad SMARTS) is 1. The number of nitrogens with zero attached hydrogens (tertiary/aromatic N) is 4. The molecule has 2 aromatic rings. The van der Waals surface area contributed by atoms with Crippen LogP contribution in [0.2, 0.25) is 0 Å². The highest BCUT2D eigenvalue weighted by Gasteiger charge is 2.50. The molecule has 0 radical (unpaired) electrons. The summed E-state index contributed by atoms with van der Waals surface area (Å²) in [4.78, 5) is 30.0. The van der Waals surface area contributed by atoms with Crippen LogP contribution in [0.15, 0.2) is 36.7 Å². The molecule has 1 aliphatic carbocycles. The fraction of sp³-hybridized carbons (Fsp3) is 0.412. The predicted octanol–water partition coefficient (Wildman–Crippen LogP) is 1.59. The summed E-state index contributed by atoms with van der Waals surface area (Å²) < 4.78 is 1.53. The van der Waals surface area contributed by atoms with E-state index in [9.17, 15) is 14.7 Å². The molecule has 1 saturated carbocycles. The van der Waals surface area contributed by atoms with Crippen LogP contribution in [0.4, 0.5) is 0 Å². The van der Waals surface area contributed by atoms with E-state index in [-0.39, 0.29) is 17.7 Å². The number of likely N-dealkylation sites (tertiary alicyclic amines) is 1. The van der Waals surface area contributed by atoms with Crippen molar-refractivity contribution in [2.75, 3.05) is 6.54 Å². The van der Waals surface area contributed by atoms with Crippen molar-refractivity contribution in [2.45, 2.75) is 25.3 Å². The van der Waals surface area contributed by atoms with Crippen molar-refractivity contribution in [2.24, 2.45) is 11.8 Å². The number of carbonyl (C=O) groups is 2. The van der Waals surface area contributed by atoms with Gasteiger partial charge in [0, 0.05) is 6.54 Å². The normalized spacial score (nSPS) is 25.7. The maximum absolute atomic E-state index is 12.8. The van der Waals surface area contributed by atoms with E-state index in [0.29, 0.717) is 6.54 Å². The molecule has 1 amide bonds. The maximum atomic E-state index is 12.8. The lowest BCUT2D eigenvalue weighted by Crippen LogP contribution is -2.43. The molecule has 2 fully saturated rings. The number of hydrogen-bond donors (Lipinski definition) is 1. The summed E-state index contributed by atoms with van der Waals surface area (Å²) in [7, 11) is 0. The fourth-order valence-electron chi connectivity index (χ4n) is 4.03. The third kappa shape index (κ3) is 2.36. The van der Waals surface area contributed by atoms with Crippen LogP contribution in [0, 0.1) is 11.8 Å². The molecule has 1 aliphatic heterocycles. The Kier molecular flexibility index (Phi) is 3.55. The Labute approximate surface area is 138 Å². The van der Waals surface area contributed by atoms with Crippen LogP contribution >= 0.6 is 0 Å². The molecular weight excluding hydrogens is 308 g/mol. The Hall–Kier alpha value is -2.70. The smallest absolute Gasteiger partial charge is 0.326 e. The van der Waals surface area contributed by atoms with Gasteiger partial charge in [-0.25, -0.2) is 14.5 Å². The van der Waals surface area contributed by atoms with Crippen LogP contribution in [0.1, 0.15) is 29.9 Å². The van der Waals surface area contributed by atoms with Crippen molar-refractivity contribution in [3.63, 3.8) is 0 Å². The van der Waals surface area contributed by atoms with Crippen molar-refractivity contribution in [1.82, 2.24) is 19.7 Å². The molecule has 24 heavy (non-hydrogen) atoms. The molecule has 1 aromatic carbocycles. The molecule has 0 bridgehead atoms. The molecule has 2 aliphatic rings. The van der Waals surface area contributed by atoms with Crippen LogP contribution in [-0.2, 0) is 4.79 Å². The van der Waals surface area contributed by atoms with Crippen LogP contribution in [0.5, 0.6) is 0 Å². The van der Waals surface area contributed by atoms with Gasteiger partial charge in [0.25, 0.3) is 5.91 Å². The number of fused-ring (bicyclic) bond motifs is 1. The van der Waals surface area contributed by atoms with E-state index in [1.807, 2.05) is 30.3 Å². The molecule has 4 rings (SSSR count). The zero-order chi connectivity index (χ0) is 16.7. The van der Waals surface area contributed by atoms with Crippen molar-refractivity contribution in [3.8, 4) is 5.69 Å². The quantitative estimate of drug-likeness (QED) is 0.925. The third-order valence-corrected chi connectivity index (χ3v) is 5.11. The summed E-state index contributed by atoms with van der Waals surface area (Å²) in [5, 5.41) is 13.8. The van der Waals surface area contributed by atoms with E-state index >= 15 is 0 Å². The average Bonchev–Trinajstić information content (AvgIpc) is 3.29. The number of aliphatic carboxylic acids is 1. The molecule has 1 saturated heterocycles. The number of aromatic nitrogens is 3. The molecule has 2 heterocycles. The number of carboxylic acids is 1. The minimum atomic E-state index is -0.930. The molecule has 1 aromatic heterocycles. The molecule has 3 atom stereocenters. The van der Waals surface area contributed by atoms with Crippen LogP contribution in [0.25, 0.3) is 5.69 Å². The summed E-state index contributed by atoms with van der Waals surface area (Å²) >= 11 is 0. The van der Waals surface area contributed by atoms with Gasteiger partial charge >= 0.3 is 5.97 Å². The first-order valence-corrected chi connectivity index (χ1v) is 8.16. The van der Waals surface area contributed by atoms with E-state index in [0.717, 1.165) is 24.9 Å². The highest BCUT2D eigenvalue weighted by Crippen LogP contribution is 2.42. The second-order valence-electron chi connectivity index (χ2n) is 6.44. The summed E-state index contributed by atoms with van der Waals surface area (Å²) in [5.41, 5.74) is 0.803. The van der Waals surface area contributed by atoms with Gasteiger partial charge in [0.1, 0.15) is 12.4 Å². The lowest BCUT2D eigenvalue weighted by atomic mass is 9.94. The first kappa shape index (κ1) is 14.9. The zero-order valence-electron chi connectivity index (χ0n) is 13.1. The Bertz CT molecular complexity index is 773. The molecule has 0 unspecified atom stereocenters. The highest BCUT2D eigenvalue weighted by atomic mass is 16.4. The molecule has 0 spiro atoms. The summed E-state index contributed by atoms with van der Waals surface area (Å²) in [6, 6.07) is 8.62. The second-order valence-corrected chi connectivity index (χ2v) is 6.44. The number of amides is 1. The van der Waals surface area contributed by atoms with Crippen LogP contribution in [-0.4, -0.2) is 49.2 Å². The topological polar surface area (TPSA) is 88.3 Å². The summed E-state index contributed by atoms with van der Waals surface area (Å²) in [6.45, 7) is 0.486. The minimum absolute atomic E-state index is 0.0464. The number of benzene rings is 1. The van der Waals surface area contributed by atoms with Gasteiger partial charge < -0.3 is 10.0 Å². The molecule has 7 heteroatoms. The van der Waals surface area contributed by atoms with E-state index < -0.39 is 17.9 Å². The van der Waals surface area contributed by atoms with E-state index in [2.05, 4.69) is 10.1 Å². The number of rotatable bonds is 3. The zero-order valence-corrected chi connectivity index (χ0v) is 13.1. The summed E-state index contributed by atoms with van der Waals surface area (Å²) in [6.07, 6.45) is 4.39.